The lowest BCUT2D eigenvalue weighted by Gasteiger charge is -2.31. The fraction of sp³-hybridized carbons (Fsp3) is 0.385. The molecular formula is C13H14Cl2N4O2S. The van der Waals surface area contributed by atoms with Crippen LogP contribution in [0.25, 0.3) is 0 Å². The van der Waals surface area contributed by atoms with E-state index in [9.17, 15) is 8.42 Å². The van der Waals surface area contributed by atoms with Crippen LogP contribution in [-0.4, -0.2) is 40.6 Å². The zero-order valence-electron chi connectivity index (χ0n) is 11.6. The van der Waals surface area contributed by atoms with Crippen molar-refractivity contribution in [2.75, 3.05) is 13.1 Å². The first-order valence-corrected chi connectivity index (χ1v) is 8.97. The zero-order chi connectivity index (χ0) is 15.7. The molecule has 0 N–H and O–H groups in total. The SMILES string of the molecule is O=S(=O)(c1cc(Cl)cc(Cl)c1)N1CCCC(n2cncn2)C1. The van der Waals surface area contributed by atoms with Gasteiger partial charge in [-0.3, -0.25) is 0 Å². The summed E-state index contributed by atoms with van der Waals surface area (Å²) in [5.41, 5.74) is 0. The fourth-order valence-electron chi connectivity index (χ4n) is 2.59. The van der Waals surface area contributed by atoms with E-state index < -0.39 is 10.0 Å². The number of halogens is 2. The predicted molar refractivity (Wildman–Crippen MR) is 83.5 cm³/mol. The lowest BCUT2D eigenvalue weighted by Crippen LogP contribution is -2.40. The average Bonchev–Trinajstić information content (AvgIpc) is 3.00. The highest BCUT2D eigenvalue weighted by molar-refractivity contribution is 7.89. The summed E-state index contributed by atoms with van der Waals surface area (Å²) in [6, 6.07) is 4.33. The van der Waals surface area contributed by atoms with E-state index in [0.717, 1.165) is 12.8 Å². The van der Waals surface area contributed by atoms with E-state index in [-0.39, 0.29) is 10.9 Å². The molecule has 0 saturated carbocycles. The normalized spacial score (nSPS) is 20.2. The minimum Gasteiger partial charge on any atom is -0.249 e. The van der Waals surface area contributed by atoms with Gasteiger partial charge in [0.25, 0.3) is 0 Å². The average molecular weight is 361 g/mol. The number of aromatic nitrogens is 3. The summed E-state index contributed by atoms with van der Waals surface area (Å²) in [5.74, 6) is 0. The van der Waals surface area contributed by atoms with E-state index in [0.29, 0.717) is 23.1 Å². The number of piperidine rings is 1. The second-order valence-corrected chi connectivity index (χ2v) is 7.95. The van der Waals surface area contributed by atoms with E-state index in [1.54, 1.807) is 11.0 Å². The van der Waals surface area contributed by atoms with Crippen LogP contribution in [0.3, 0.4) is 0 Å². The van der Waals surface area contributed by atoms with Crippen LogP contribution in [0, 0.1) is 0 Å². The number of rotatable bonds is 3. The Bertz CT molecular complexity index is 744. The minimum absolute atomic E-state index is 0.0133. The standard InChI is InChI=1S/C13H14Cl2N4O2S/c14-10-4-11(15)6-13(5-10)22(20,21)18-3-1-2-12(7-18)19-9-16-8-17-19/h4-6,8-9,12H,1-3,7H2. The van der Waals surface area contributed by atoms with Crippen molar-refractivity contribution < 1.29 is 8.42 Å². The van der Waals surface area contributed by atoms with Crippen molar-refractivity contribution in [2.45, 2.75) is 23.8 Å². The van der Waals surface area contributed by atoms with Crippen LogP contribution in [0.5, 0.6) is 0 Å². The number of sulfonamides is 1. The van der Waals surface area contributed by atoms with Crippen molar-refractivity contribution >= 4 is 33.2 Å². The van der Waals surface area contributed by atoms with Gasteiger partial charge in [-0.05, 0) is 31.0 Å². The molecule has 0 bridgehead atoms. The third-order valence-electron chi connectivity index (χ3n) is 3.64. The Labute approximate surface area is 138 Å². The van der Waals surface area contributed by atoms with Crippen LogP contribution in [0.2, 0.25) is 10.0 Å². The molecule has 0 radical (unpaired) electrons. The molecule has 9 heteroatoms. The van der Waals surface area contributed by atoms with Gasteiger partial charge < -0.3 is 0 Å². The van der Waals surface area contributed by atoms with Crippen molar-refractivity contribution in [3.8, 4) is 0 Å². The molecule has 1 aliphatic heterocycles. The third-order valence-corrected chi connectivity index (χ3v) is 5.92. The van der Waals surface area contributed by atoms with Gasteiger partial charge in [-0.2, -0.15) is 9.40 Å². The van der Waals surface area contributed by atoms with E-state index >= 15 is 0 Å². The second-order valence-electron chi connectivity index (χ2n) is 5.14. The van der Waals surface area contributed by atoms with Gasteiger partial charge >= 0.3 is 0 Å². The highest BCUT2D eigenvalue weighted by atomic mass is 35.5. The summed E-state index contributed by atoms with van der Waals surface area (Å²) >= 11 is 11.8. The van der Waals surface area contributed by atoms with Gasteiger partial charge in [0, 0.05) is 23.1 Å². The van der Waals surface area contributed by atoms with Crippen molar-refractivity contribution in [3.63, 3.8) is 0 Å². The molecule has 1 saturated heterocycles. The van der Waals surface area contributed by atoms with Crippen LogP contribution in [0.1, 0.15) is 18.9 Å². The summed E-state index contributed by atoms with van der Waals surface area (Å²) in [5, 5.41) is 4.70. The van der Waals surface area contributed by atoms with Crippen molar-refractivity contribution in [2.24, 2.45) is 0 Å². The molecule has 1 unspecified atom stereocenters. The molecule has 2 aromatic rings. The third kappa shape index (κ3) is 3.12. The maximum absolute atomic E-state index is 12.8. The zero-order valence-corrected chi connectivity index (χ0v) is 13.9. The molecule has 118 valence electrons. The van der Waals surface area contributed by atoms with E-state index in [2.05, 4.69) is 10.1 Å². The smallest absolute Gasteiger partial charge is 0.243 e. The Hall–Kier alpha value is -1.15. The molecule has 0 amide bonds. The van der Waals surface area contributed by atoms with E-state index in [4.69, 9.17) is 23.2 Å². The van der Waals surface area contributed by atoms with Gasteiger partial charge in [0.15, 0.2) is 0 Å². The second kappa shape index (κ2) is 6.16. The molecular weight excluding hydrogens is 347 g/mol. The quantitative estimate of drug-likeness (QED) is 0.843. The lowest BCUT2D eigenvalue weighted by molar-refractivity contribution is 0.253. The van der Waals surface area contributed by atoms with Crippen LogP contribution in [-0.2, 0) is 10.0 Å². The molecule has 0 spiro atoms. The summed E-state index contributed by atoms with van der Waals surface area (Å²) in [6.07, 6.45) is 4.69. The topological polar surface area (TPSA) is 68.1 Å². The highest BCUT2D eigenvalue weighted by Crippen LogP contribution is 2.29. The van der Waals surface area contributed by atoms with Gasteiger partial charge in [-0.15, -0.1) is 0 Å². The summed E-state index contributed by atoms with van der Waals surface area (Å²) < 4.78 is 28.7. The molecule has 1 aromatic heterocycles. The highest BCUT2D eigenvalue weighted by Gasteiger charge is 2.31. The van der Waals surface area contributed by atoms with Crippen molar-refractivity contribution in [3.05, 3.63) is 40.9 Å². The molecule has 6 nitrogen and oxygen atoms in total. The molecule has 0 aliphatic carbocycles. The lowest BCUT2D eigenvalue weighted by atomic mass is 10.1. The Kier molecular flexibility index (Phi) is 4.40. The number of nitrogens with zero attached hydrogens (tertiary/aromatic N) is 4. The number of hydrogen-bond acceptors (Lipinski definition) is 4. The Balaban J connectivity index is 1.88. The van der Waals surface area contributed by atoms with E-state index in [1.807, 2.05) is 0 Å². The maximum Gasteiger partial charge on any atom is 0.243 e. The molecule has 22 heavy (non-hydrogen) atoms. The molecule has 2 heterocycles. The molecule has 1 fully saturated rings. The Morgan fingerprint density at radius 1 is 1.18 bits per heavy atom. The monoisotopic (exact) mass is 360 g/mol. The van der Waals surface area contributed by atoms with Gasteiger partial charge in [-0.25, -0.2) is 18.1 Å². The first-order valence-electron chi connectivity index (χ1n) is 6.77. The first kappa shape index (κ1) is 15.7. The van der Waals surface area contributed by atoms with Crippen molar-refractivity contribution in [1.29, 1.82) is 0 Å². The Morgan fingerprint density at radius 2 is 1.91 bits per heavy atom. The summed E-state index contributed by atoms with van der Waals surface area (Å²) in [6.45, 7) is 0.827. The first-order chi connectivity index (χ1) is 10.5. The molecule has 1 atom stereocenters. The van der Waals surface area contributed by atoms with Crippen LogP contribution in [0.15, 0.2) is 35.7 Å². The van der Waals surface area contributed by atoms with E-state index in [1.165, 1.54) is 28.8 Å². The fourth-order valence-corrected chi connectivity index (χ4v) is 4.83. The molecule has 3 rings (SSSR count). The largest absolute Gasteiger partial charge is 0.249 e. The molecule has 1 aromatic carbocycles. The van der Waals surface area contributed by atoms with Crippen LogP contribution < -0.4 is 0 Å². The summed E-state index contributed by atoms with van der Waals surface area (Å²) in [4.78, 5) is 4.03. The van der Waals surface area contributed by atoms with Crippen molar-refractivity contribution in [1.82, 2.24) is 19.1 Å². The maximum atomic E-state index is 12.8. The predicted octanol–water partition coefficient (Wildman–Crippen LogP) is 2.61. The number of hydrogen-bond donors (Lipinski definition) is 0. The van der Waals surface area contributed by atoms with Crippen LogP contribution >= 0.6 is 23.2 Å². The van der Waals surface area contributed by atoms with Gasteiger partial charge in [-0.1, -0.05) is 23.2 Å². The summed E-state index contributed by atoms with van der Waals surface area (Å²) in [7, 11) is -3.63. The van der Waals surface area contributed by atoms with Gasteiger partial charge in [0.1, 0.15) is 12.7 Å². The van der Waals surface area contributed by atoms with Gasteiger partial charge in [0.2, 0.25) is 10.0 Å². The minimum atomic E-state index is -3.63. The number of benzene rings is 1. The Morgan fingerprint density at radius 3 is 2.55 bits per heavy atom. The molecule has 1 aliphatic rings. The van der Waals surface area contributed by atoms with Crippen LogP contribution in [0.4, 0.5) is 0 Å². The van der Waals surface area contributed by atoms with Gasteiger partial charge in [0.05, 0.1) is 10.9 Å².